The van der Waals surface area contributed by atoms with Crippen LogP contribution in [0.3, 0.4) is 0 Å². The Balaban J connectivity index is 1.94. The Hall–Kier alpha value is -3.33. The summed E-state index contributed by atoms with van der Waals surface area (Å²) in [6.45, 7) is -0.298. The SMILES string of the molecule is COc1ccc(S(=O)(=O)N2CC=CCC(NS(=O)(=O)Cc3ccccc3[N+](=O)[O-])C2C(=O)O)cc1. The molecular weight excluding hydrogens is 502 g/mol. The van der Waals surface area contributed by atoms with Crippen molar-refractivity contribution in [2.75, 3.05) is 13.7 Å². The number of methoxy groups -OCH3 is 1. The van der Waals surface area contributed by atoms with E-state index >= 15 is 0 Å². The largest absolute Gasteiger partial charge is 0.497 e. The van der Waals surface area contributed by atoms with Gasteiger partial charge >= 0.3 is 5.97 Å². The second-order valence-electron chi connectivity index (χ2n) is 7.61. The molecule has 0 spiro atoms. The number of carboxylic acid groups (broad SMARTS) is 1. The van der Waals surface area contributed by atoms with Crippen molar-refractivity contribution >= 4 is 31.7 Å². The fourth-order valence-corrected chi connectivity index (χ4v) is 6.68. The number of rotatable bonds is 9. The summed E-state index contributed by atoms with van der Waals surface area (Å²) in [6.07, 6.45) is 2.81. The predicted octanol–water partition coefficient (Wildman–Crippen LogP) is 1.50. The number of nitro groups is 1. The van der Waals surface area contributed by atoms with E-state index in [1.54, 1.807) is 0 Å². The lowest BCUT2D eigenvalue weighted by Gasteiger charge is -2.31. The minimum absolute atomic E-state index is 0.0938. The Morgan fingerprint density at radius 1 is 1.14 bits per heavy atom. The van der Waals surface area contributed by atoms with E-state index in [9.17, 15) is 36.9 Å². The van der Waals surface area contributed by atoms with Crippen molar-refractivity contribution in [2.45, 2.75) is 29.2 Å². The highest BCUT2D eigenvalue weighted by Gasteiger charge is 2.42. The number of benzene rings is 2. The zero-order valence-electron chi connectivity index (χ0n) is 18.5. The number of ether oxygens (including phenoxy) is 1. The molecule has 3 rings (SSSR count). The monoisotopic (exact) mass is 525 g/mol. The van der Waals surface area contributed by atoms with Crippen molar-refractivity contribution in [2.24, 2.45) is 0 Å². The van der Waals surface area contributed by atoms with Crippen molar-refractivity contribution in [3.8, 4) is 5.75 Å². The van der Waals surface area contributed by atoms with E-state index in [0.29, 0.717) is 10.1 Å². The number of para-hydroxylation sites is 1. The summed E-state index contributed by atoms with van der Waals surface area (Å²) in [6, 6.07) is 7.44. The van der Waals surface area contributed by atoms with Gasteiger partial charge in [-0.25, -0.2) is 21.6 Å². The molecule has 2 unspecified atom stereocenters. The van der Waals surface area contributed by atoms with Crippen LogP contribution < -0.4 is 9.46 Å². The van der Waals surface area contributed by atoms with E-state index < -0.39 is 54.5 Å². The Morgan fingerprint density at radius 2 is 1.80 bits per heavy atom. The third-order valence-electron chi connectivity index (χ3n) is 5.32. The van der Waals surface area contributed by atoms with Crippen LogP contribution in [0.4, 0.5) is 5.69 Å². The lowest BCUT2D eigenvalue weighted by Crippen LogP contribution is -2.56. The van der Waals surface area contributed by atoms with Crippen LogP contribution >= 0.6 is 0 Å². The number of aliphatic carboxylic acids is 1. The van der Waals surface area contributed by atoms with Gasteiger partial charge in [-0.1, -0.05) is 30.4 Å². The van der Waals surface area contributed by atoms with Crippen molar-refractivity contribution < 1.29 is 36.4 Å². The summed E-state index contributed by atoms with van der Waals surface area (Å²) in [5, 5.41) is 21.2. The van der Waals surface area contributed by atoms with Crippen LogP contribution in [-0.4, -0.2) is 62.9 Å². The molecule has 188 valence electrons. The number of sulfonamides is 2. The van der Waals surface area contributed by atoms with E-state index in [4.69, 9.17) is 4.74 Å². The Kier molecular flexibility index (Phi) is 7.90. The average molecular weight is 526 g/mol. The van der Waals surface area contributed by atoms with Gasteiger partial charge in [-0.3, -0.25) is 14.9 Å². The molecule has 2 aromatic carbocycles. The van der Waals surface area contributed by atoms with Gasteiger partial charge in [0.15, 0.2) is 0 Å². The van der Waals surface area contributed by atoms with Crippen LogP contribution in [0.25, 0.3) is 0 Å². The maximum Gasteiger partial charge on any atom is 0.323 e. The van der Waals surface area contributed by atoms with Gasteiger partial charge in [-0.05, 0) is 30.7 Å². The van der Waals surface area contributed by atoms with Crippen LogP contribution in [0.1, 0.15) is 12.0 Å². The standard InChI is InChI=1S/C21H23N3O9S2/c1-33-16-9-11-17(12-10-16)35(31,32)23-13-5-4-7-18(20(23)21(25)26)22-34(29,30)14-15-6-2-3-8-19(15)24(27)28/h2-6,8-12,18,20,22H,7,13-14H2,1H3,(H,25,26). The first-order valence-corrected chi connectivity index (χ1v) is 13.3. The van der Waals surface area contributed by atoms with Crippen LogP contribution in [0.15, 0.2) is 65.6 Å². The summed E-state index contributed by atoms with van der Waals surface area (Å²) in [4.78, 5) is 22.5. The molecule has 0 amide bonds. The van der Waals surface area contributed by atoms with Crippen LogP contribution in [0.5, 0.6) is 5.75 Å². The molecule has 0 saturated heterocycles. The van der Waals surface area contributed by atoms with Crippen LogP contribution in [-0.2, 0) is 30.6 Å². The summed E-state index contributed by atoms with van der Waals surface area (Å²) in [5.41, 5.74) is -0.499. The van der Waals surface area contributed by atoms with Crippen LogP contribution in [0.2, 0.25) is 0 Å². The first kappa shape index (κ1) is 26.3. The Labute approximate surface area is 202 Å². The fourth-order valence-electron chi connectivity index (χ4n) is 3.69. The number of nitrogens with one attached hydrogen (secondary N) is 1. The minimum atomic E-state index is -4.35. The molecule has 1 aliphatic rings. The molecule has 0 aromatic heterocycles. The molecule has 2 aromatic rings. The predicted molar refractivity (Wildman–Crippen MR) is 125 cm³/mol. The van der Waals surface area contributed by atoms with Crippen molar-refractivity contribution in [1.29, 1.82) is 0 Å². The highest BCUT2D eigenvalue weighted by Crippen LogP contribution is 2.26. The van der Waals surface area contributed by atoms with Gasteiger partial charge < -0.3 is 9.84 Å². The van der Waals surface area contributed by atoms with Crippen molar-refractivity contribution in [3.63, 3.8) is 0 Å². The molecule has 0 aliphatic carbocycles. The molecule has 0 radical (unpaired) electrons. The average Bonchev–Trinajstić information content (AvgIpc) is 3.01. The number of nitrogens with zero attached hydrogens (tertiary/aromatic N) is 2. The second-order valence-corrected chi connectivity index (χ2v) is 11.3. The van der Waals surface area contributed by atoms with Gasteiger partial charge in [0.2, 0.25) is 20.0 Å². The molecule has 12 nitrogen and oxygen atoms in total. The normalized spacial score (nSPS) is 19.1. The van der Waals surface area contributed by atoms with Crippen molar-refractivity contribution in [3.05, 3.63) is 76.4 Å². The smallest absolute Gasteiger partial charge is 0.323 e. The van der Waals surface area contributed by atoms with Gasteiger partial charge in [0.05, 0.1) is 28.7 Å². The first-order valence-electron chi connectivity index (χ1n) is 10.2. The molecule has 2 atom stereocenters. The fraction of sp³-hybridized carbons (Fsp3) is 0.286. The zero-order chi connectivity index (χ0) is 25.8. The molecule has 0 saturated carbocycles. The van der Waals surface area contributed by atoms with Gasteiger partial charge in [-0.15, -0.1) is 0 Å². The number of carbonyl (C=O) groups is 1. The first-order chi connectivity index (χ1) is 16.5. The molecule has 35 heavy (non-hydrogen) atoms. The lowest BCUT2D eigenvalue weighted by molar-refractivity contribution is -0.385. The molecule has 2 N–H and O–H groups in total. The van der Waals surface area contributed by atoms with Crippen LogP contribution in [0, 0.1) is 10.1 Å². The van der Waals surface area contributed by atoms with Gasteiger partial charge in [-0.2, -0.15) is 4.31 Å². The summed E-state index contributed by atoms with van der Waals surface area (Å²) < 4.78 is 60.4. The quantitative estimate of drug-likeness (QED) is 0.279. The molecule has 1 aliphatic heterocycles. The number of hydrogen-bond donors (Lipinski definition) is 2. The van der Waals surface area contributed by atoms with E-state index in [0.717, 1.165) is 6.07 Å². The zero-order valence-corrected chi connectivity index (χ0v) is 20.1. The third-order valence-corrected chi connectivity index (χ3v) is 8.53. The second kappa shape index (κ2) is 10.5. The maximum absolute atomic E-state index is 13.3. The number of hydrogen-bond acceptors (Lipinski definition) is 8. The molecule has 0 fully saturated rings. The highest BCUT2D eigenvalue weighted by molar-refractivity contribution is 7.89. The van der Waals surface area contributed by atoms with E-state index in [1.807, 2.05) is 0 Å². The molecule has 14 heteroatoms. The maximum atomic E-state index is 13.3. The third kappa shape index (κ3) is 6.03. The van der Waals surface area contributed by atoms with Crippen molar-refractivity contribution in [1.82, 2.24) is 9.03 Å². The van der Waals surface area contributed by atoms with Gasteiger partial charge in [0.1, 0.15) is 11.8 Å². The number of nitro benzene ring substituents is 1. The molecule has 0 bridgehead atoms. The summed E-state index contributed by atoms with van der Waals surface area (Å²) in [7, 11) is -7.25. The highest BCUT2D eigenvalue weighted by atomic mass is 32.2. The van der Waals surface area contributed by atoms with Gasteiger partial charge in [0, 0.05) is 18.2 Å². The summed E-state index contributed by atoms with van der Waals surface area (Å²) >= 11 is 0. The number of carboxylic acids is 1. The Morgan fingerprint density at radius 3 is 2.40 bits per heavy atom. The van der Waals surface area contributed by atoms with E-state index in [-0.39, 0.29) is 23.4 Å². The van der Waals surface area contributed by atoms with Gasteiger partial charge in [0.25, 0.3) is 5.69 Å². The van der Waals surface area contributed by atoms with E-state index in [2.05, 4.69) is 4.72 Å². The molecule has 1 heterocycles. The minimum Gasteiger partial charge on any atom is -0.497 e. The Bertz CT molecular complexity index is 1340. The topological polar surface area (TPSA) is 173 Å². The lowest BCUT2D eigenvalue weighted by atomic mass is 10.1. The molecular formula is C21H23N3O9S2. The summed E-state index contributed by atoms with van der Waals surface area (Å²) in [5.74, 6) is -1.94. The van der Waals surface area contributed by atoms with E-state index in [1.165, 1.54) is 61.7 Å².